The van der Waals surface area contributed by atoms with E-state index in [1.165, 1.54) is 45.1 Å². The first-order valence-electron chi connectivity index (χ1n) is 5.89. The average Bonchev–Trinajstić information content (AvgIpc) is 2.86. The molecule has 0 bridgehead atoms. The molecule has 2 aliphatic rings. The molecule has 0 aliphatic heterocycles. The Hall–Kier alpha value is -0.0400. The second-order valence-electron chi connectivity index (χ2n) is 5.79. The van der Waals surface area contributed by atoms with Gasteiger partial charge in [0.05, 0.1) is 0 Å². The zero-order valence-corrected chi connectivity index (χ0v) is 9.10. The summed E-state index contributed by atoms with van der Waals surface area (Å²) < 4.78 is 0. The summed E-state index contributed by atoms with van der Waals surface area (Å²) >= 11 is 0. The fraction of sp³-hybridized carbons (Fsp3) is 1.00. The van der Waals surface area contributed by atoms with Gasteiger partial charge in [-0.2, -0.15) is 0 Å². The summed E-state index contributed by atoms with van der Waals surface area (Å²) in [6.07, 6.45) is 8.58. The smallest absolute Gasteiger partial charge is 0.00675 e. The molecule has 0 spiro atoms. The molecule has 2 rings (SSSR count). The third-order valence-electron chi connectivity index (χ3n) is 3.73. The van der Waals surface area contributed by atoms with E-state index < -0.39 is 0 Å². The van der Waals surface area contributed by atoms with Gasteiger partial charge in [-0.05, 0) is 56.4 Å². The highest BCUT2D eigenvalue weighted by Crippen LogP contribution is 2.35. The maximum Gasteiger partial charge on any atom is 0.00675 e. The van der Waals surface area contributed by atoms with Crippen LogP contribution in [0.3, 0.4) is 0 Å². The Labute approximate surface area is 82.3 Å². The summed E-state index contributed by atoms with van der Waals surface area (Å²) in [5.74, 6) is 1.04. The van der Waals surface area contributed by atoms with Crippen molar-refractivity contribution in [2.24, 2.45) is 11.3 Å². The van der Waals surface area contributed by atoms with Gasteiger partial charge in [0.15, 0.2) is 0 Å². The van der Waals surface area contributed by atoms with E-state index in [1.54, 1.807) is 0 Å². The van der Waals surface area contributed by atoms with Crippen LogP contribution >= 0.6 is 0 Å². The van der Waals surface area contributed by atoms with Gasteiger partial charge in [-0.15, -0.1) is 0 Å². The first-order chi connectivity index (χ1) is 6.16. The largest absolute Gasteiger partial charge is 0.314 e. The molecule has 2 aliphatic carbocycles. The molecule has 76 valence electrons. The maximum atomic E-state index is 3.72. The van der Waals surface area contributed by atoms with Crippen molar-refractivity contribution in [1.29, 1.82) is 0 Å². The fourth-order valence-electron chi connectivity index (χ4n) is 2.26. The lowest BCUT2D eigenvalue weighted by Gasteiger charge is -2.34. The molecule has 0 atom stereocenters. The van der Waals surface area contributed by atoms with Crippen molar-refractivity contribution >= 4 is 0 Å². The summed E-state index contributed by atoms with van der Waals surface area (Å²) in [5, 5.41) is 3.72. The second-order valence-corrected chi connectivity index (χ2v) is 5.79. The van der Waals surface area contributed by atoms with Gasteiger partial charge < -0.3 is 5.32 Å². The van der Waals surface area contributed by atoms with E-state index in [4.69, 9.17) is 0 Å². The minimum atomic E-state index is 0.623. The Bertz CT molecular complexity index is 157. The monoisotopic (exact) mass is 181 g/mol. The first kappa shape index (κ1) is 9.51. The standard InChI is InChI=1S/C12H23N/c1-12(2)7-5-11(6-8-12)13-9-10-3-4-10/h10-11,13H,3-9H2,1-2H3. The Morgan fingerprint density at radius 2 is 1.69 bits per heavy atom. The van der Waals surface area contributed by atoms with Crippen LogP contribution < -0.4 is 5.32 Å². The Morgan fingerprint density at radius 3 is 2.23 bits per heavy atom. The van der Waals surface area contributed by atoms with Gasteiger partial charge in [-0.1, -0.05) is 13.8 Å². The summed E-state index contributed by atoms with van der Waals surface area (Å²) in [4.78, 5) is 0. The lowest BCUT2D eigenvalue weighted by molar-refractivity contribution is 0.206. The Kier molecular flexibility index (Phi) is 2.64. The molecule has 0 aromatic heterocycles. The molecular formula is C12H23N. The third-order valence-corrected chi connectivity index (χ3v) is 3.73. The highest BCUT2D eigenvalue weighted by molar-refractivity contribution is 4.84. The SMILES string of the molecule is CC1(C)CCC(NCC2CC2)CC1. The van der Waals surface area contributed by atoms with Crippen molar-refractivity contribution in [3.05, 3.63) is 0 Å². The van der Waals surface area contributed by atoms with Crippen LogP contribution in [0.5, 0.6) is 0 Å². The van der Waals surface area contributed by atoms with Crippen LogP contribution in [0.15, 0.2) is 0 Å². The minimum Gasteiger partial charge on any atom is -0.314 e. The fourth-order valence-corrected chi connectivity index (χ4v) is 2.26. The van der Waals surface area contributed by atoms with E-state index in [1.807, 2.05) is 0 Å². The summed E-state index contributed by atoms with van der Waals surface area (Å²) in [5.41, 5.74) is 0.623. The van der Waals surface area contributed by atoms with Crippen LogP contribution in [0, 0.1) is 11.3 Å². The van der Waals surface area contributed by atoms with E-state index >= 15 is 0 Å². The molecule has 1 nitrogen and oxygen atoms in total. The van der Waals surface area contributed by atoms with Crippen LogP contribution in [0.4, 0.5) is 0 Å². The number of rotatable bonds is 3. The van der Waals surface area contributed by atoms with E-state index in [0.29, 0.717) is 5.41 Å². The third kappa shape index (κ3) is 2.98. The lowest BCUT2D eigenvalue weighted by Crippen LogP contribution is -2.36. The van der Waals surface area contributed by atoms with Gasteiger partial charge in [-0.25, -0.2) is 0 Å². The van der Waals surface area contributed by atoms with Gasteiger partial charge in [0, 0.05) is 6.04 Å². The molecule has 0 saturated heterocycles. The number of hydrogen-bond acceptors (Lipinski definition) is 1. The molecular weight excluding hydrogens is 158 g/mol. The van der Waals surface area contributed by atoms with Crippen LogP contribution in [0.1, 0.15) is 52.4 Å². The van der Waals surface area contributed by atoms with Crippen molar-refractivity contribution < 1.29 is 0 Å². The molecule has 2 saturated carbocycles. The van der Waals surface area contributed by atoms with Gasteiger partial charge in [0.2, 0.25) is 0 Å². The summed E-state index contributed by atoms with van der Waals surface area (Å²) in [6, 6.07) is 0.841. The highest BCUT2D eigenvalue weighted by atomic mass is 14.9. The van der Waals surface area contributed by atoms with Crippen LogP contribution in [0.2, 0.25) is 0 Å². The zero-order chi connectivity index (χ0) is 9.31. The van der Waals surface area contributed by atoms with Gasteiger partial charge in [-0.3, -0.25) is 0 Å². The van der Waals surface area contributed by atoms with E-state index in [0.717, 1.165) is 12.0 Å². The second kappa shape index (κ2) is 3.61. The minimum absolute atomic E-state index is 0.623. The van der Waals surface area contributed by atoms with Crippen LogP contribution in [0.25, 0.3) is 0 Å². The summed E-state index contributed by atoms with van der Waals surface area (Å²) in [6.45, 7) is 6.11. The molecule has 1 heteroatoms. The molecule has 0 heterocycles. The Morgan fingerprint density at radius 1 is 1.08 bits per heavy atom. The maximum absolute atomic E-state index is 3.72. The normalized spacial score (nSPS) is 29.1. The average molecular weight is 181 g/mol. The van der Waals surface area contributed by atoms with Crippen LogP contribution in [-0.2, 0) is 0 Å². The highest BCUT2D eigenvalue weighted by Gasteiger charge is 2.28. The number of nitrogens with one attached hydrogen (secondary N) is 1. The van der Waals surface area contributed by atoms with E-state index in [9.17, 15) is 0 Å². The Balaban J connectivity index is 1.65. The van der Waals surface area contributed by atoms with Crippen molar-refractivity contribution in [2.45, 2.75) is 58.4 Å². The molecule has 0 unspecified atom stereocenters. The number of hydrogen-bond donors (Lipinski definition) is 1. The van der Waals surface area contributed by atoms with E-state index in [2.05, 4.69) is 19.2 Å². The van der Waals surface area contributed by atoms with Crippen LogP contribution in [-0.4, -0.2) is 12.6 Å². The van der Waals surface area contributed by atoms with Gasteiger partial charge in [0.1, 0.15) is 0 Å². The quantitative estimate of drug-likeness (QED) is 0.706. The lowest BCUT2D eigenvalue weighted by atomic mass is 9.75. The van der Waals surface area contributed by atoms with Gasteiger partial charge in [0.25, 0.3) is 0 Å². The summed E-state index contributed by atoms with van der Waals surface area (Å²) in [7, 11) is 0. The zero-order valence-electron chi connectivity index (χ0n) is 9.10. The van der Waals surface area contributed by atoms with Crippen molar-refractivity contribution in [3.8, 4) is 0 Å². The molecule has 0 aromatic carbocycles. The predicted octanol–water partition coefficient (Wildman–Crippen LogP) is 2.95. The molecule has 0 aromatic rings. The first-order valence-corrected chi connectivity index (χ1v) is 5.89. The topological polar surface area (TPSA) is 12.0 Å². The molecule has 2 fully saturated rings. The predicted molar refractivity (Wildman–Crippen MR) is 56.8 cm³/mol. The van der Waals surface area contributed by atoms with Crippen molar-refractivity contribution in [2.75, 3.05) is 6.54 Å². The van der Waals surface area contributed by atoms with Crippen molar-refractivity contribution in [1.82, 2.24) is 5.32 Å². The molecule has 13 heavy (non-hydrogen) atoms. The van der Waals surface area contributed by atoms with Gasteiger partial charge >= 0.3 is 0 Å². The van der Waals surface area contributed by atoms with E-state index in [-0.39, 0.29) is 0 Å². The molecule has 0 radical (unpaired) electrons. The van der Waals surface area contributed by atoms with Crippen molar-refractivity contribution in [3.63, 3.8) is 0 Å². The molecule has 0 amide bonds. The molecule has 1 N–H and O–H groups in total.